The lowest BCUT2D eigenvalue weighted by molar-refractivity contribution is 0.0739. The van der Waals surface area contributed by atoms with Gasteiger partial charge in [0, 0.05) is 17.8 Å². The van der Waals surface area contributed by atoms with Crippen LogP contribution in [0.5, 0.6) is 0 Å². The van der Waals surface area contributed by atoms with E-state index in [1.807, 2.05) is 14.1 Å². The number of anilines is 1. The summed E-state index contributed by atoms with van der Waals surface area (Å²) < 4.78 is 47.5. The zero-order chi connectivity index (χ0) is 15.7. The highest BCUT2D eigenvalue weighted by Crippen LogP contribution is 2.36. The van der Waals surface area contributed by atoms with Gasteiger partial charge in [-0.2, -0.15) is 8.78 Å². The first kappa shape index (κ1) is 16.2. The summed E-state index contributed by atoms with van der Waals surface area (Å²) in [5.74, 6) is -3.39. The molecule has 1 fully saturated rings. The maximum Gasteiger partial charge on any atom is 0.341 e. The molecule has 1 aliphatic carbocycles. The third kappa shape index (κ3) is 3.18. The maximum atomic E-state index is 12.4. The standard InChI is InChI=1S/C14H20F2N2O2S/c1-18(2)14(8-3-9-14)10-17-11-4-6-12(7-5-11)21(19,20)13(15)16/h4-7,13,17H,3,8-10H2,1-2H3. The van der Waals surface area contributed by atoms with E-state index in [1.54, 1.807) is 0 Å². The van der Waals surface area contributed by atoms with Crippen LogP contribution in [0.15, 0.2) is 29.2 Å². The second-order valence-corrected chi connectivity index (χ2v) is 7.57. The van der Waals surface area contributed by atoms with Crippen molar-refractivity contribution in [3.63, 3.8) is 0 Å². The molecule has 1 aliphatic rings. The van der Waals surface area contributed by atoms with E-state index in [0.29, 0.717) is 0 Å². The van der Waals surface area contributed by atoms with E-state index in [0.717, 1.165) is 25.1 Å². The normalized spacial score (nSPS) is 17.8. The van der Waals surface area contributed by atoms with E-state index in [-0.39, 0.29) is 10.4 Å². The van der Waals surface area contributed by atoms with Crippen molar-refractivity contribution in [3.05, 3.63) is 24.3 Å². The maximum absolute atomic E-state index is 12.4. The lowest BCUT2D eigenvalue weighted by Crippen LogP contribution is -2.54. The van der Waals surface area contributed by atoms with Crippen LogP contribution >= 0.6 is 0 Å². The third-order valence-electron chi connectivity index (χ3n) is 4.27. The Hall–Kier alpha value is -1.21. The molecule has 0 aliphatic heterocycles. The van der Waals surface area contributed by atoms with Crippen molar-refractivity contribution in [2.45, 2.75) is 35.5 Å². The van der Waals surface area contributed by atoms with E-state index in [4.69, 9.17) is 0 Å². The number of rotatable bonds is 6. The molecule has 21 heavy (non-hydrogen) atoms. The smallest absolute Gasteiger partial charge is 0.341 e. The quantitative estimate of drug-likeness (QED) is 0.876. The Morgan fingerprint density at radius 2 is 1.81 bits per heavy atom. The molecule has 4 nitrogen and oxygen atoms in total. The molecule has 0 radical (unpaired) electrons. The van der Waals surface area contributed by atoms with Gasteiger partial charge in [-0.3, -0.25) is 0 Å². The van der Waals surface area contributed by atoms with Crippen molar-refractivity contribution in [1.82, 2.24) is 4.90 Å². The summed E-state index contributed by atoms with van der Waals surface area (Å²) in [7, 11) is -0.432. The van der Waals surface area contributed by atoms with Crippen LogP contribution in [0.2, 0.25) is 0 Å². The van der Waals surface area contributed by atoms with Gasteiger partial charge in [-0.05, 0) is 57.6 Å². The monoisotopic (exact) mass is 318 g/mol. The Morgan fingerprint density at radius 3 is 2.19 bits per heavy atom. The molecule has 0 spiro atoms. The Labute approximate surface area is 124 Å². The fourth-order valence-electron chi connectivity index (χ4n) is 2.50. The fourth-order valence-corrected chi connectivity index (χ4v) is 3.22. The Bertz CT molecular complexity index is 581. The minimum absolute atomic E-state index is 0.133. The number of alkyl halides is 2. The predicted molar refractivity (Wildman–Crippen MR) is 78.4 cm³/mol. The summed E-state index contributed by atoms with van der Waals surface area (Å²) in [4.78, 5) is 1.84. The number of nitrogens with zero attached hydrogens (tertiary/aromatic N) is 1. The van der Waals surface area contributed by atoms with E-state index < -0.39 is 15.6 Å². The number of halogens is 2. The van der Waals surface area contributed by atoms with Crippen LogP contribution in [-0.2, 0) is 9.84 Å². The van der Waals surface area contributed by atoms with E-state index in [2.05, 4.69) is 10.2 Å². The van der Waals surface area contributed by atoms with Crippen molar-refractivity contribution in [2.75, 3.05) is 26.0 Å². The minimum atomic E-state index is -4.51. The second kappa shape index (κ2) is 5.88. The van der Waals surface area contributed by atoms with Gasteiger partial charge in [-0.1, -0.05) is 0 Å². The van der Waals surface area contributed by atoms with E-state index >= 15 is 0 Å². The Morgan fingerprint density at radius 1 is 1.24 bits per heavy atom. The molecular weight excluding hydrogens is 298 g/mol. The molecule has 0 aromatic heterocycles. The molecule has 118 valence electrons. The third-order valence-corrected chi connectivity index (χ3v) is 5.67. The second-order valence-electron chi connectivity index (χ2n) is 5.66. The van der Waals surface area contributed by atoms with Crippen LogP contribution in [0.3, 0.4) is 0 Å². The molecule has 0 atom stereocenters. The van der Waals surface area contributed by atoms with Crippen LogP contribution < -0.4 is 5.32 Å². The molecule has 1 saturated carbocycles. The first-order valence-electron chi connectivity index (χ1n) is 6.81. The highest BCUT2D eigenvalue weighted by Gasteiger charge is 2.38. The largest absolute Gasteiger partial charge is 0.383 e. The van der Waals surface area contributed by atoms with E-state index in [9.17, 15) is 17.2 Å². The summed E-state index contributed by atoms with van der Waals surface area (Å²) in [5, 5.41) is 3.25. The summed E-state index contributed by atoms with van der Waals surface area (Å²) in [6.45, 7) is 0.751. The van der Waals surface area contributed by atoms with Crippen molar-refractivity contribution in [3.8, 4) is 0 Å². The Kier molecular flexibility index (Phi) is 4.53. The van der Waals surface area contributed by atoms with Crippen molar-refractivity contribution < 1.29 is 17.2 Å². The van der Waals surface area contributed by atoms with Crippen LogP contribution in [0.4, 0.5) is 14.5 Å². The molecular formula is C14H20F2N2O2S. The molecule has 1 aromatic carbocycles. The topological polar surface area (TPSA) is 49.4 Å². The van der Waals surface area contributed by atoms with Crippen molar-refractivity contribution >= 4 is 15.5 Å². The van der Waals surface area contributed by atoms with Crippen LogP contribution in [-0.4, -0.2) is 45.3 Å². The number of hydrogen-bond donors (Lipinski definition) is 1. The van der Waals surface area contributed by atoms with Gasteiger partial charge < -0.3 is 10.2 Å². The van der Waals surface area contributed by atoms with Gasteiger partial charge in [0.1, 0.15) is 0 Å². The van der Waals surface area contributed by atoms with Gasteiger partial charge in [-0.25, -0.2) is 8.42 Å². The summed E-state index contributed by atoms with van der Waals surface area (Å²) >= 11 is 0. The average molecular weight is 318 g/mol. The van der Waals surface area contributed by atoms with Crippen molar-refractivity contribution in [1.29, 1.82) is 0 Å². The molecule has 1 N–H and O–H groups in total. The van der Waals surface area contributed by atoms with Gasteiger partial charge in [0.2, 0.25) is 9.84 Å². The molecule has 7 heteroatoms. The number of sulfone groups is 1. The molecule has 0 bridgehead atoms. The highest BCUT2D eigenvalue weighted by molar-refractivity contribution is 7.91. The van der Waals surface area contributed by atoms with Crippen LogP contribution in [0.25, 0.3) is 0 Å². The summed E-state index contributed by atoms with van der Waals surface area (Å²) in [5.41, 5.74) is 0.865. The molecule has 2 rings (SSSR count). The Balaban J connectivity index is 2.04. The molecule has 0 amide bonds. The van der Waals surface area contributed by atoms with Gasteiger partial charge in [0.15, 0.2) is 0 Å². The number of benzene rings is 1. The molecule has 0 heterocycles. The van der Waals surface area contributed by atoms with Crippen LogP contribution in [0, 0.1) is 0 Å². The number of hydrogen-bond acceptors (Lipinski definition) is 4. The van der Waals surface area contributed by atoms with Gasteiger partial charge in [0.05, 0.1) is 4.90 Å². The van der Waals surface area contributed by atoms with Crippen LogP contribution in [0.1, 0.15) is 19.3 Å². The zero-order valence-corrected chi connectivity index (χ0v) is 13.0. The molecule has 0 unspecified atom stereocenters. The first-order chi connectivity index (χ1) is 9.78. The van der Waals surface area contributed by atoms with Gasteiger partial charge in [-0.15, -0.1) is 0 Å². The highest BCUT2D eigenvalue weighted by atomic mass is 32.2. The lowest BCUT2D eigenvalue weighted by Gasteiger charge is -2.47. The fraction of sp³-hybridized carbons (Fsp3) is 0.571. The summed E-state index contributed by atoms with van der Waals surface area (Å²) in [6.07, 6.45) is 3.43. The zero-order valence-electron chi connectivity index (χ0n) is 12.1. The van der Waals surface area contributed by atoms with Gasteiger partial charge >= 0.3 is 5.76 Å². The lowest BCUT2D eigenvalue weighted by atomic mass is 9.75. The average Bonchev–Trinajstić information content (AvgIpc) is 2.37. The van der Waals surface area contributed by atoms with Crippen molar-refractivity contribution in [2.24, 2.45) is 0 Å². The first-order valence-corrected chi connectivity index (χ1v) is 8.36. The minimum Gasteiger partial charge on any atom is -0.383 e. The molecule has 0 saturated heterocycles. The molecule has 1 aromatic rings. The predicted octanol–water partition coefficient (Wildman–Crippen LogP) is 2.58. The number of nitrogens with one attached hydrogen (secondary N) is 1. The number of likely N-dealkylation sites (N-methyl/N-ethyl adjacent to an activating group) is 1. The van der Waals surface area contributed by atoms with E-state index in [1.165, 1.54) is 30.7 Å². The summed E-state index contributed by atoms with van der Waals surface area (Å²) in [6, 6.07) is 5.48. The SMILES string of the molecule is CN(C)C1(CNc2ccc(S(=O)(=O)C(F)F)cc2)CCC1. The van der Waals surface area contributed by atoms with Gasteiger partial charge in [0.25, 0.3) is 0 Å².